The smallest absolute Gasteiger partial charge is 0.237 e. The lowest BCUT2D eigenvalue weighted by atomic mass is 10.2. The number of halogens is 2. The second kappa shape index (κ2) is 6.57. The highest BCUT2D eigenvalue weighted by Crippen LogP contribution is 2.24. The lowest BCUT2D eigenvalue weighted by molar-refractivity contribution is 0.234. The summed E-state index contributed by atoms with van der Waals surface area (Å²) in [4.78, 5) is 4.17. The van der Waals surface area contributed by atoms with Gasteiger partial charge in [-0.25, -0.2) is 9.37 Å². The van der Waals surface area contributed by atoms with Crippen LogP contribution in [0.4, 0.5) is 10.1 Å². The Balaban J connectivity index is 2.13. The number of nitrogens with one attached hydrogen (secondary N) is 1. The monoisotopic (exact) mass is 294 g/mol. The first kappa shape index (κ1) is 14.6. The number of aromatic nitrogens is 1. The highest BCUT2D eigenvalue weighted by Gasteiger charge is 2.09. The quantitative estimate of drug-likeness (QED) is 0.894. The Morgan fingerprint density at radius 2 is 2.10 bits per heavy atom. The van der Waals surface area contributed by atoms with Crippen LogP contribution in [0.15, 0.2) is 36.5 Å². The largest absolute Gasteiger partial charge is 0.473 e. The zero-order valence-electron chi connectivity index (χ0n) is 11.4. The normalized spacial score (nSPS) is 10.7. The molecule has 1 N–H and O–H groups in total. The van der Waals surface area contributed by atoms with Crippen molar-refractivity contribution >= 4 is 17.3 Å². The lowest BCUT2D eigenvalue weighted by Crippen LogP contribution is -2.10. The van der Waals surface area contributed by atoms with E-state index in [1.807, 2.05) is 19.9 Å². The minimum atomic E-state index is -0.406. The predicted molar refractivity (Wildman–Crippen MR) is 78.7 cm³/mol. The van der Waals surface area contributed by atoms with Crippen LogP contribution in [0.1, 0.15) is 19.4 Å². The van der Waals surface area contributed by atoms with E-state index in [9.17, 15) is 4.39 Å². The number of benzene rings is 1. The fourth-order valence-electron chi connectivity index (χ4n) is 1.72. The summed E-state index contributed by atoms with van der Waals surface area (Å²) in [6, 6.07) is 8.57. The van der Waals surface area contributed by atoms with E-state index in [2.05, 4.69) is 10.3 Å². The van der Waals surface area contributed by atoms with Gasteiger partial charge in [0, 0.05) is 18.3 Å². The maximum Gasteiger partial charge on any atom is 0.237 e. The van der Waals surface area contributed by atoms with Crippen molar-refractivity contribution in [1.29, 1.82) is 0 Å². The summed E-state index contributed by atoms with van der Waals surface area (Å²) in [5.74, 6) is 0.0989. The van der Waals surface area contributed by atoms with Gasteiger partial charge in [0.1, 0.15) is 5.82 Å². The molecule has 0 radical (unpaired) electrons. The van der Waals surface area contributed by atoms with Gasteiger partial charge in [0.05, 0.1) is 16.8 Å². The second-order valence-corrected chi connectivity index (χ2v) is 5.00. The Labute approximate surface area is 122 Å². The molecule has 106 valence electrons. The Morgan fingerprint density at radius 1 is 1.30 bits per heavy atom. The standard InChI is InChI=1S/C15H16ClFN2O/c1-10(2)20-15-13(7-4-8-18-15)19-9-11-5-3-6-12(16)14(11)17/h3-8,10,19H,9H2,1-2H3. The van der Waals surface area contributed by atoms with Crippen molar-refractivity contribution in [2.45, 2.75) is 26.5 Å². The van der Waals surface area contributed by atoms with Crippen molar-refractivity contribution in [3.05, 3.63) is 52.9 Å². The van der Waals surface area contributed by atoms with Crippen LogP contribution in [0, 0.1) is 5.82 Å². The maximum atomic E-state index is 13.8. The topological polar surface area (TPSA) is 34.1 Å². The van der Waals surface area contributed by atoms with E-state index in [0.717, 1.165) is 5.69 Å². The van der Waals surface area contributed by atoms with Gasteiger partial charge < -0.3 is 10.1 Å². The number of ether oxygens (including phenoxy) is 1. The summed E-state index contributed by atoms with van der Waals surface area (Å²) in [7, 11) is 0. The van der Waals surface area contributed by atoms with Gasteiger partial charge in [-0.1, -0.05) is 23.7 Å². The molecule has 0 amide bonds. The molecule has 0 saturated heterocycles. The van der Waals surface area contributed by atoms with Crippen molar-refractivity contribution in [2.24, 2.45) is 0 Å². The van der Waals surface area contributed by atoms with E-state index >= 15 is 0 Å². The van der Waals surface area contributed by atoms with Gasteiger partial charge in [-0.15, -0.1) is 0 Å². The SMILES string of the molecule is CC(C)Oc1ncccc1NCc1cccc(Cl)c1F. The molecule has 0 unspecified atom stereocenters. The van der Waals surface area contributed by atoms with Crippen molar-refractivity contribution in [3.63, 3.8) is 0 Å². The highest BCUT2D eigenvalue weighted by atomic mass is 35.5. The molecule has 0 saturated carbocycles. The van der Waals surface area contributed by atoms with Crippen molar-refractivity contribution in [1.82, 2.24) is 4.98 Å². The van der Waals surface area contributed by atoms with E-state index in [1.54, 1.807) is 24.4 Å². The predicted octanol–water partition coefficient (Wildman–Crippen LogP) is 4.27. The Bertz CT molecular complexity index is 590. The van der Waals surface area contributed by atoms with E-state index in [-0.39, 0.29) is 11.1 Å². The van der Waals surface area contributed by atoms with E-state index in [0.29, 0.717) is 18.0 Å². The van der Waals surface area contributed by atoms with E-state index in [1.165, 1.54) is 6.07 Å². The molecule has 2 rings (SSSR count). The average molecular weight is 295 g/mol. The maximum absolute atomic E-state index is 13.8. The lowest BCUT2D eigenvalue weighted by Gasteiger charge is -2.14. The molecule has 0 fully saturated rings. The molecule has 0 bridgehead atoms. The number of rotatable bonds is 5. The highest BCUT2D eigenvalue weighted by molar-refractivity contribution is 6.30. The summed E-state index contributed by atoms with van der Waals surface area (Å²) >= 11 is 5.76. The van der Waals surface area contributed by atoms with Gasteiger partial charge in [0.2, 0.25) is 5.88 Å². The van der Waals surface area contributed by atoms with Gasteiger partial charge in [-0.2, -0.15) is 0 Å². The molecule has 1 aromatic heterocycles. The molecule has 2 aromatic rings. The van der Waals surface area contributed by atoms with Crippen LogP contribution in [0.2, 0.25) is 5.02 Å². The molecule has 1 aromatic carbocycles. The third-order valence-corrected chi connectivity index (χ3v) is 2.91. The number of hydrogen-bond acceptors (Lipinski definition) is 3. The molecule has 5 heteroatoms. The van der Waals surface area contributed by atoms with E-state index < -0.39 is 5.82 Å². The Morgan fingerprint density at radius 3 is 2.85 bits per heavy atom. The van der Waals surface area contributed by atoms with Gasteiger partial charge in [-0.3, -0.25) is 0 Å². The summed E-state index contributed by atoms with van der Waals surface area (Å²) in [6.07, 6.45) is 1.68. The first-order valence-electron chi connectivity index (χ1n) is 6.36. The van der Waals surface area contributed by atoms with E-state index in [4.69, 9.17) is 16.3 Å². The molecule has 1 heterocycles. The minimum Gasteiger partial charge on any atom is -0.473 e. The van der Waals surface area contributed by atoms with Crippen molar-refractivity contribution < 1.29 is 9.13 Å². The Hall–Kier alpha value is -1.81. The average Bonchev–Trinajstić information content (AvgIpc) is 2.41. The Kier molecular flexibility index (Phi) is 4.79. The zero-order chi connectivity index (χ0) is 14.5. The molecular weight excluding hydrogens is 279 g/mol. The molecular formula is C15H16ClFN2O. The summed E-state index contributed by atoms with van der Waals surface area (Å²) in [5.41, 5.74) is 1.22. The van der Waals surface area contributed by atoms with Crippen LogP contribution < -0.4 is 10.1 Å². The molecule has 0 aliphatic rings. The summed E-state index contributed by atoms with van der Waals surface area (Å²) in [5, 5.41) is 3.24. The molecule has 0 spiro atoms. The third kappa shape index (κ3) is 3.61. The summed E-state index contributed by atoms with van der Waals surface area (Å²) < 4.78 is 19.4. The number of anilines is 1. The van der Waals surface area contributed by atoms with Crippen LogP contribution in [-0.2, 0) is 6.54 Å². The number of pyridine rings is 1. The first-order valence-corrected chi connectivity index (χ1v) is 6.74. The minimum absolute atomic E-state index is 0.0216. The second-order valence-electron chi connectivity index (χ2n) is 4.59. The van der Waals surface area contributed by atoms with Crippen molar-refractivity contribution in [3.8, 4) is 5.88 Å². The fourth-order valence-corrected chi connectivity index (χ4v) is 1.91. The van der Waals surface area contributed by atoms with Gasteiger partial charge in [0.25, 0.3) is 0 Å². The van der Waals surface area contributed by atoms with Crippen LogP contribution in [0.5, 0.6) is 5.88 Å². The van der Waals surface area contributed by atoms with Gasteiger partial charge >= 0.3 is 0 Å². The number of nitrogens with zero attached hydrogens (tertiary/aromatic N) is 1. The molecule has 3 nitrogen and oxygen atoms in total. The first-order chi connectivity index (χ1) is 9.58. The van der Waals surface area contributed by atoms with Crippen LogP contribution >= 0.6 is 11.6 Å². The third-order valence-electron chi connectivity index (χ3n) is 2.62. The van der Waals surface area contributed by atoms with Gasteiger partial charge in [-0.05, 0) is 32.0 Å². The molecule has 0 aliphatic carbocycles. The number of hydrogen-bond donors (Lipinski definition) is 1. The van der Waals surface area contributed by atoms with Crippen LogP contribution in [0.3, 0.4) is 0 Å². The summed E-state index contributed by atoms with van der Waals surface area (Å²) in [6.45, 7) is 4.16. The van der Waals surface area contributed by atoms with Crippen LogP contribution in [-0.4, -0.2) is 11.1 Å². The van der Waals surface area contributed by atoms with Crippen molar-refractivity contribution in [2.75, 3.05) is 5.32 Å². The molecule has 20 heavy (non-hydrogen) atoms. The fraction of sp³-hybridized carbons (Fsp3) is 0.267. The molecule has 0 atom stereocenters. The van der Waals surface area contributed by atoms with Gasteiger partial charge in [0.15, 0.2) is 0 Å². The molecule has 0 aliphatic heterocycles. The van der Waals surface area contributed by atoms with Crippen LogP contribution in [0.25, 0.3) is 0 Å². The zero-order valence-corrected chi connectivity index (χ0v) is 12.1.